The molecule has 1 aromatic heterocycles. The summed E-state index contributed by atoms with van der Waals surface area (Å²) in [5.74, 6) is -0.124. The Morgan fingerprint density at radius 3 is 2.76 bits per heavy atom. The van der Waals surface area contributed by atoms with Crippen LogP contribution in [0.5, 0.6) is 0 Å². The van der Waals surface area contributed by atoms with Gasteiger partial charge in [-0.1, -0.05) is 6.07 Å². The Labute approximate surface area is 105 Å². The topological polar surface area (TPSA) is 44.1 Å². The molecule has 17 heavy (non-hydrogen) atoms. The second-order valence-corrected chi connectivity index (χ2v) is 5.02. The molecule has 0 atom stereocenters. The van der Waals surface area contributed by atoms with Crippen LogP contribution in [0.1, 0.15) is 24.1 Å². The molecule has 88 valence electrons. The lowest BCUT2D eigenvalue weighted by Crippen LogP contribution is -2.36. The summed E-state index contributed by atoms with van der Waals surface area (Å²) in [6.07, 6.45) is 4.95. The standard InChI is InChI=1S/C13H14N2OS/c14-10-11(9-12-5-4-8-17-12)13(16)15-6-2-1-3-7-15/h4-5,8-9H,1-3,6-7H2/b11-9+. The third-order valence-electron chi connectivity index (χ3n) is 2.82. The fraction of sp³-hybridized carbons (Fsp3) is 0.385. The molecule has 0 aromatic carbocycles. The third kappa shape index (κ3) is 2.95. The van der Waals surface area contributed by atoms with Crippen LogP contribution in [0.2, 0.25) is 0 Å². The molecule has 2 heterocycles. The van der Waals surface area contributed by atoms with Crippen molar-refractivity contribution >= 4 is 23.3 Å². The zero-order chi connectivity index (χ0) is 12.1. The average molecular weight is 246 g/mol. The molecule has 0 aliphatic carbocycles. The number of carbonyl (C=O) groups excluding carboxylic acids is 1. The molecule has 1 fully saturated rings. The van der Waals surface area contributed by atoms with Crippen LogP contribution in [0.3, 0.4) is 0 Å². The van der Waals surface area contributed by atoms with E-state index < -0.39 is 0 Å². The molecule has 1 aromatic rings. The highest BCUT2D eigenvalue weighted by atomic mass is 32.1. The van der Waals surface area contributed by atoms with E-state index in [4.69, 9.17) is 5.26 Å². The summed E-state index contributed by atoms with van der Waals surface area (Å²) in [4.78, 5) is 14.8. The first kappa shape index (κ1) is 11.9. The van der Waals surface area contributed by atoms with Gasteiger partial charge in [-0.3, -0.25) is 4.79 Å². The van der Waals surface area contributed by atoms with Gasteiger partial charge < -0.3 is 4.90 Å². The molecule has 1 saturated heterocycles. The lowest BCUT2D eigenvalue weighted by Gasteiger charge is -2.26. The largest absolute Gasteiger partial charge is 0.338 e. The van der Waals surface area contributed by atoms with Gasteiger partial charge in [-0.15, -0.1) is 11.3 Å². The van der Waals surface area contributed by atoms with E-state index in [9.17, 15) is 4.79 Å². The fourth-order valence-electron chi connectivity index (χ4n) is 1.92. The third-order valence-corrected chi connectivity index (χ3v) is 3.64. The minimum absolute atomic E-state index is 0.124. The molecule has 2 rings (SSSR count). The summed E-state index contributed by atoms with van der Waals surface area (Å²) in [5.41, 5.74) is 0.245. The van der Waals surface area contributed by atoms with Gasteiger partial charge in [-0.25, -0.2) is 0 Å². The van der Waals surface area contributed by atoms with Gasteiger partial charge in [0.2, 0.25) is 0 Å². The molecule has 1 amide bonds. The number of thiophene rings is 1. The first-order valence-electron chi connectivity index (χ1n) is 5.76. The molecular formula is C13H14N2OS. The summed E-state index contributed by atoms with van der Waals surface area (Å²) >= 11 is 1.53. The van der Waals surface area contributed by atoms with Crippen molar-refractivity contribution in [2.75, 3.05) is 13.1 Å². The van der Waals surface area contributed by atoms with Gasteiger partial charge in [0.25, 0.3) is 5.91 Å². The predicted molar refractivity (Wildman–Crippen MR) is 68.3 cm³/mol. The molecule has 1 aliphatic heterocycles. The Hall–Kier alpha value is -1.60. The van der Waals surface area contributed by atoms with Crippen LogP contribution < -0.4 is 0 Å². The van der Waals surface area contributed by atoms with Gasteiger partial charge >= 0.3 is 0 Å². The first-order chi connectivity index (χ1) is 8.31. The average Bonchev–Trinajstić information content (AvgIpc) is 2.89. The van der Waals surface area contributed by atoms with Crippen molar-refractivity contribution in [1.82, 2.24) is 4.90 Å². The minimum atomic E-state index is -0.124. The van der Waals surface area contributed by atoms with E-state index in [0.29, 0.717) is 0 Å². The van der Waals surface area contributed by atoms with Gasteiger partial charge in [0.05, 0.1) is 0 Å². The lowest BCUT2D eigenvalue weighted by atomic mass is 10.1. The quantitative estimate of drug-likeness (QED) is 0.595. The number of rotatable bonds is 2. The SMILES string of the molecule is N#C/C(=C\c1cccs1)C(=O)N1CCCCC1. The number of hydrogen-bond acceptors (Lipinski definition) is 3. The zero-order valence-corrected chi connectivity index (χ0v) is 10.4. The maximum absolute atomic E-state index is 12.1. The molecule has 0 N–H and O–H groups in total. The van der Waals surface area contributed by atoms with Crippen LogP contribution in [0.15, 0.2) is 23.1 Å². The molecule has 1 aliphatic rings. The van der Waals surface area contributed by atoms with Crippen LogP contribution in [-0.4, -0.2) is 23.9 Å². The van der Waals surface area contributed by atoms with Crippen molar-refractivity contribution in [2.45, 2.75) is 19.3 Å². The summed E-state index contributed by atoms with van der Waals surface area (Å²) < 4.78 is 0. The van der Waals surface area contributed by atoms with E-state index in [1.54, 1.807) is 11.0 Å². The van der Waals surface area contributed by atoms with Crippen LogP contribution in [0, 0.1) is 11.3 Å². The van der Waals surface area contributed by atoms with Crippen LogP contribution in [0.25, 0.3) is 6.08 Å². The number of hydrogen-bond donors (Lipinski definition) is 0. The smallest absolute Gasteiger partial charge is 0.264 e. The highest BCUT2D eigenvalue weighted by molar-refractivity contribution is 7.10. The van der Waals surface area contributed by atoms with Gasteiger partial charge in [0, 0.05) is 18.0 Å². The summed E-state index contributed by atoms with van der Waals surface area (Å²) in [6.45, 7) is 1.56. The molecule has 0 saturated carbocycles. The van der Waals surface area contributed by atoms with Gasteiger partial charge in [0.1, 0.15) is 11.6 Å². The molecule has 0 radical (unpaired) electrons. The number of carbonyl (C=O) groups is 1. The van der Waals surface area contributed by atoms with Crippen molar-refractivity contribution in [3.05, 3.63) is 28.0 Å². The number of nitriles is 1. The monoisotopic (exact) mass is 246 g/mol. The van der Waals surface area contributed by atoms with E-state index in [0.717, 1.165) is 30.8 Å². The van der Waals surface area contributed by atoms with E-state index in [-0.39, 0.29) is 11.5 Å². The molecular weight excluding hydrogens is 232 g/mol. The fourth-order valence-corrected chi connectivity index (χ4v) is 2.58. The van der Waals surface area contributed by atoms with E-state index in [1.165, 1.54) is 17.8 Å². The number of likely N-dealkylation sites (tertiary alicyclic amines) is 1. The number of piperidine rings is 1. The Bertz CT molecular complexity index is 450. The molecule has 3 nitrogen and oxygen atoms in total. The highest BCUT2D eigenvalue weighted by Crippen LogP contribution is 2.16. The second kappa shape index (κ2) is 5.65. The van der Waals surface area contributed by atoms with Gasteiger partial charge in [-0.05, 0) is 36.8 Å². The summed E-state index contributed by atoms with van der Waals surface area (Å²) in [5, 5.41) is 11.0. The maximum Gasteiger partial charge on any atom is 0.264 e. The Morgan fingerprint density at radius 1 is 1.41 bits per heavy atom. The van der Waals surface area contributed by atoms with E-state index in [1.807, 2.05) is 23.6 Å². The lowest BCUT2D eigenvalue weighted by molar-refractivity contribution is -0.127. The van der Waals surface area contributed by atoms with E-state index in [2.05, 4.69) is 0 Å². The second-order valence-electron chi connectivity index (χ2n) is 4.04. The van der Waals surface area contributed by atoms with Gasteiger partial charge in [0.15, 0.2) is 0 Å². The number of amides is 1. The van der Waals surface area contributed by atoms with Crippen LogP contribution >= 0.6 is 11.3 Å². The summed E-state index contributed by atoms with van der Waals surface area (Å²) in [6, 6.07) is 5.84. The van der Waals surface area contributed by atoms with Crippen LogP contribution in [-0.2, 0) is 4.79 Å². The molecule has 0 bridgehead atoms. The molecule has 0 spiro atoms. The first-order valence-corrected chi connectivity index (χ1v) is 6.64. The van der Waals surface area contributed by atoms with Crippen LogP contribution in [0.4, 0.5) is 0 Å². The molecule has 0 unspecified atom stereocenters. The van der Waals surface area contributed by atoms with Crippen molar-refractivity contribution in [3.63, 3.8) is 0 Å². The van der Waals surface area contributed by atoms with Crippen molar-refractivity contribution in [2.24, 2.45) is 0 Å². The molecule has 4 heteroatoms. The highest BCUT2D eigenvalue weighted by Gasteiger charge is 2.20. The van der Waals surface area contributed by atoms with Crippen molar-refractivity contribution in [1.29, 1.82) is 5.26 Å². The van der Waals surface area contributed by atoms with Gasteiger partial charge in [-0.2, -0.15) is 5.26 Å². The predicted octanol–water partition coefficient (Wildman–Crippen LogP) is 2.67. The Morgan fingerprint density at radius 2 is 2.18 bits per heavy atom. The Balaban J connectivity index is 2.13. The Kier molecular flexibility index (Phi) is 3.94. The van der Waals surface area contributed by atoms with E-state index >= 15 is 0 Å². The normalized spacial score (nSPS) is 16.6. The maximum atomic E-state index is 12.1. The minimum Gasteiger partial charge on any atom is -0.338 e. The van der Waals surface area contributed by atoms with Crippen molar-refractivity contribution < 1.29 is 4.79 Å². The summed E-state index contributed by atoms with van der Waals surface area (Å²) in [7, 11) is 0. The zero-order valence-electron chi connectivity index (χ0n) is 9.56. The number of nitrogens with zero attached hydrogens (tertiary/aromatic N) is 2. The van der Waals surface area contributed by atoms with Crippen molar-refractivity contribution in [3.8, 4) is 6.07 Å².